The van der Waals surface area contributed by atoms with Crippen molar-refractivity contribution in [1.82, 2.24) is 0 Å². The van der Waals surface area contributed by atoms with Crippen molar-refractivity contribution in [2.24, 2.45) is 10.9 Å². The van der Waals surface area contributed by atoms with Crippen molar-refractivity contribution in [3.05, 3.63) is 0 Å². The molecule has 0 spiro atoms. The Labute approximate surface area is 77.0 Å². The van der Waals surface area contributed by atoms with Crippen molar-refractivity contribution in [2.75, 3.05) is 13.2 Å². The second-order valence-electron chi connectivity index (χ2n) is 2.92. The molecule has 13 heavy (non-hydrogen) atoms. The highest BCUT2D eigenvalue weighted by Crippen LogP contribution is 2.12. The summed E-state index contributed by atoms with van der Waals surface area (Å²) >= 11 is 0. The molecule has 0 aliphatic carbocycles. The Bertz CT molecular complexity index is 258. The predicted octanol–water partition coefficient (Wildman–Crippen LogP) is 0.599. The van der Waals surface area contributed by atoms with E-state index in [9.17, 15) is 9.59 Å². The Kier molecular flexibility index (Phi) is 3.17. The number of aliphatic imine (C=N–C) groups is 1. The third-order valence-electron chi connectivity index (χ3n) is 1.98. The van der Waals surface area contributed by atoms with Gasteiger partial charge in [0.1, 0.15) is 0 Å². The maximum Gasteiger partial charge on any atom is 0.322 e. The summed E-state index contributed by atoms with van der Waals surface area (Å²) in [5, 5.41) is 0. The van der Waals surface area contributed by atoms with E-state index >= 15 is 0 Å². The normalized spacial score (nSPS) is 22.5. The monoisotopic (exact) mass is 183 g/mol. The minimum absolute atomic E-state index is 0.0778. The number of esters is 1. The van der Waals surface area contributed by atoms with E-state index in [0.29, 0.717) is 25.3 Å². The Morgan fingerprint density at radius 1 is 1.69 bits per heavy atom. The lowest BCUT2D eigenvalue weighted by atomic mass is 9.94. The first-order valence-corrected chi connectivity index (χ1v) is 4.37. The second kappa shape index (κ2) is 4.16. The van der Waals surface area contributed by atoms with Crippen LogP contribution in [0.25, 0.3) is 0 Å². The van der Waals surface area contributed by atoms with Crippen LogP contribution in [-0.2, 0) is 14.3 Å². The SMILES string of the molecule is CCOC(=O)C1C(=O)CCN=C1C. The van der Waals surface area contributed by atoms with Gasteiger partial charge in [0.05, 0.1) is 6.61 Å². The van der Waals surface area contributed by atoms with E-state index in [1.54, 1.807) is 13.8 Å². The molecule has 1 rings (SSSR count). The van der Waals surface area contributed by atoms with E-state index in [1.165, 1.54) is 0 Å². The Hall–Kier alpha value is -1.19. The van der Waals surface area contributed by atoms with Gasteiger partial charge in [0, 0.05) is 18.7 Å². The molecule has 0 bridgehead atoms. The number of carbonyl (C=O) groups excluding carboxylic acids is 2. The first-order chi connectivity index (χ1) is 6.16. The number of nitrogens with zero attached hydrogens (tertiary/aromatic N) is 1. The fraction of sp³-hybridized carbons (Fsp3) is 0.667. The van der Waals surface area contributed by atoms with Crippen LogP contribution in [0.4, 0.5) is 0 Å². The van der Waals surface area contributed by atoms with E-state index in [2.05, 4.69) is 4.99 Å². The van der Waals surface area contributed by atoms with Crippen LogP contribution in [0.15, 0.2) is 4.99 Å². The molecule has 72 valence electrons. The van der Waals surface area contributed by atoms with Gasteiger partial charge in [0.2, 0.25) is 0 Å². The molecular formula is C9H13NO3. The number of carbonyl (C=O) groups is 2. The molecule has 1 atom stereocenters. The summed E-state index contributed by atoms with van der Waals surface area (Å²) in [4.78, 5) is 26.7. The number of hydrogen-bond acceptors (Lipinski definition) is 4. The van der Waals surface area contributed by atoms with E-state index in [0.717, 1.165) is 0 Å². The average molecular weight is 183 g/mol. The van der Waals surface area contributed by atoms with Crippen molar-refractivity contribution >= 4 is 17.5 Å². The van der Waals surface area contributed by atoms with Gasteiger partial charge in [-0.3, -0.25) is 14.6 Å². The molecule has 0 aromatic heterocycles. The topological polar surface area (TPSA) is 55.7 Å². The fourth-order valence-corrected chi connectivity index (χ4v) is 1.34. The Balaban J connectivity index is 2.75. The maximum atomic E-state index is 11.3. The summed E-state index contributed by atoms with van der Waals surface area (Å²) in [6, 6.07) is 0. The minimum atomic E-state index is -0.742. The summed E-state index contributed by atoms with van der Waals surface area (Å²) < 4.78 is 4.78. The molecule has 1 heterocycles. The molecule has 0 saturated carbocycles. The van der Waals surface area contributed by atoms with Crippen LogP contribution in [0.2, 0.25) is 0 Å². The lowest BCUT2D eigenvalue weighted by Crippen LogP contribution is -2.35. The van der Waals surface area contributed by atoms with Gasteiger partial charge in [0.25, 0.3) is 0 Å². The molecule has 0 radical (unpaired) electrons. The zero-order valence-corrected chi connectivity index (χ0v) is 7.87. The number of ether oxygens (including phenoxy) is 1. The number of Topliss-reactive ketones (excluding diaryl/α,β-unsaturated/α-hetero) is 1. The fourth-order valence-electron chi connectivity index (χ4n) is 1.34. The first-order valence-electron chi connectivity index (χ1n) is 4.37. The van der Waals surface area contributed by atoms with E-state index in [4.69, 9.17) is 4.74 Å². The largest absolute Gasteiger partial charge is 0.465 e. The van der Waals surface area contributed by atoms with Crippen LogP contribution in [-0.4, -0.2) is 30.6 Å². The number of ketones is 1. The summed E-state index contributed by atoms with van der Waals surface area (Å²) in [5.41, 5.74) is 0.578. The molecule has 1 aliphatic rings. The van der Waals surface area contributed by atoms with Gasteiger partial charge in [-0.15, -0.1) is 0 Å². The average Bonchev–Trinajstić information content (AvgIpc) is 2.04. The quantitative estimate of drug-likeness (QED) is 0.465. The molecule has 1 unspecified atom stereocenters. The van der Waals surface area contributed by atoms with E-state index in [-0.39, 0.29) is 5.78 Å². The van der Waals surface area contributed by atoms with Crippen molar-refractivity contribution in [3.8, 4) is 0 Å². The van der Waals surface area contributed by atoms with E-state index in [1.807, 2.05) is 0 Å². The van der Waals surface area contributed by atoms with Crippen molar-refractivity contribution in [1.29, 1.82) is 0 Å². The Morgan fingerprint density at radius 3 is 2.92 bits per heavy atom. The molecule has 0 saturated heterocycles. The highest BCUT2D eigenvalue weighted by atomic mass is 16.5. The summed E-state index contributed by atoms with van der Waals surface area (Å²) in [5.74, 6) is -1.28. The molecule has 4 nitrogen and oxygen atoms in total. The standard InChI is InChI=1S/C9H13NO3/c1-3-13-9(12)8-6(2)10-5-4-7(8)11/h8H,3-5H2,1-2H3. The lowest BCUT2D eigenvalue weighted by Gasteiger charge is -2.17. The van der Waals surface area contributed by atoms with Crippen molar-refractivity contribution in [2.45, 2.75) is 20.3 Å². The smallest absolute Gasteiger partial charge is 0.322 e. The van der Waals surface area contributed by atoms with Crippen LogP contribution >= 0.6 is 0 Å². The van der Waals surface area contributed by atoms with Gasteiger partial charge in [-0.25, -0.2) is 0 Å². The van der Waals surface area contributed by atoms with Gasteiger partial charge in [-0.1, -0.05) is 0 Å². The summed E-state index contributed by atoms with van der Waals surface area (Å²) in [7, 11) is 0. The minimum Gasteiger partial charge on any atom is -0.465 e. The molecule has 0 fully saturated rings. The predicted molar refractivity (Wildman–Crippen MR) is 47.7 cm³/mol. The maximum absolute atomic E-state index is 11.3. The van der Waals surface area contributed by atoms with Crippen LogP contribution in [0.1, 0.15) is 20.3 Å². The first kappa shape index (κ1) is 9.89. The molecule has 0 N–H and O–H groups in total. The molecule has 0 amide bonds. The Morgan fingerprint density at radius 2 is 2.38 bits per heavy atom. The highest BCUT2D eigenvalue weighted by molar-refractivity contribution is 6.19. The summed E-state index contributed by atoms with van der Waals surface area (Å²) in [6.45, 7) is 4.22. The van der Waals surface area contributed by atoms with Crippen LogP contribution in [0.3, 0.4) is 0 Å². The van der Waals surface area contributed by atoms with Crippen molar-refractivity contribution < 1.29 is 14.3 Å². The zero-order valence-electron chi connectivity index (χ0n) is 7.87. The third-order valence-corrected chi connectivity index (χ3v) is 1.98. The number of rotatable bonds is 2. The van der Waals surface area contributed by atoms with Gasteiger partial charge in [-0.05, 0) is 13.8 Å². The molecule has 0 aromatic rings. The molecular weight excluding hydrogens is 170 g/mol. The molecule has 0 aromatic carbocycles. The van der Waals surface area contributed by atoms with Gasteiger partial charge in [0.15, 0.2) is 11.7 Å². The van der Waals surface area contributed by atoms with Crippen LogP contribution in [0, 0.1) is 5.92 Å². The molecule has 1 aliphatic heterocycles. The highest BCUT2D eigenvalue weighted by Gasteiger charge is 2.32. The van der Waals surface area contributed by atoms with Gasteiger partial charge < -0.3 is 4.74 Å². The molecule has 4 heteroatoms. The van der Waals surface area contributed by atoms with Gasteiger partial charge in [-0.2, -0.15) is 0 Å². The van der Waals surface area contributed by atoms with E-state index < -0.39 is 11.9 Å². The number of hydrogen-bond donors (Lipinski definition) is 0. The van der Waals surface area contributed by atoms with Crippen LogP contribution < -0.4 is 0 Å². The lowest BCUT2D eigenvalue weighted by molar-refractivity contribution is -0.148. The van der Waals surface area contributed by atoms with Crippen molar-refractivity contribution in [3.63, 3.8) is 0 Å². The van der Waals surface area contributed by atoms with Crippen LogP contribution in [0.5, 0.6) is 0 Å². The second-order valence-corrected chi connectivity index (χ2v) is 2.92. The summed E-state index contributed by atoms with van der Waals surface area (Å²) in [6.07, 6.45) is 0.348. The third kappa shape index (κ3) is 2.14. The zero-order chi connectivity index (χ0) is 9.84. The van der Waals surface area contributed by atoms with Gasteiger partial charge >= 0.3 is 5.97 Å².